The van der Waals surface area contributed by atoms with Gasteiger partial charge in [-0.1, -0.05) is 77.2 Å². The predicted molar refractivity (Wildman–Crippen MR) is 148 cm³/mol. The maximum Gasteiger partial charge on any atom is 0.297 e. The van der Waals surface area contributed by atoms with E-state index in [2.05, 4.69) is 22.3 Å². The van der Waals surface area contributed by atoms with E-state index in [0.29, 0.717) is 26.7 Å². The molecule has 0 saturated heterocycles. The second-order valence-electron chi connectivity index (χ2n) is 8.86. The molecule has 184 valence electrons. The molecule has 5 aromatic rings. The first-order valence-electron chi connectivity index (χ1n) is 11.6. The van der Waals surface area contributed by atoms with Crippen LogP contribution in [0.15, 0.2) is 80.3 Å². The lowest BCUT2D eigenvalue weighted by atomic mass is 9.97. The number of halogens is 1. The number of hydrogen-bond donors (Lipinski definition) is 0. The summed E-state index contributed by atoms with van der Waals surface area (Å²) in [6, 6.07) is 20.1. The third-order valence-corrected chi connectivity index (χ3v) is 8.82. The largest absolute Gasteiger partial charge is 0.450 e. The summed E-state index contributed by atoms with van der Waals surface area (Å²) in [7, 11) is 0. The Balaban J connectivity index is 1.47. The molecule has 2 aromatic heterocycles. The Morgan fingerprint density at radius 2 is 1.78 bits per heavy atom. The van der Waals surface area contributed by atoms with Crippen LogP contribution in [0.1, 0.15) is 44.4 Å². The third-order valence-electron chi connectivity index (χ3n) is 6.46. The van der Waals surface area contributed by atoms with Crippen LogP contribution < -0.4 is 10.3 Å². The molecule has 1 atom stereocenters. The molecule has 9 heteroatoms. The van der Waals surface area contributed by atoms with Crippen molar-refractivity contribution in [2.45, 2.75) is 30.0 Å². The van der Waals surface area contributed by atoms with Crippen molar-refractivity contribution in [2.75, 3.05) is 4.90 Å². The van der Waals surface area contributed by atoms with Crippen molar-refractivity contribution >= 4 is 56.7 Å². The maximum atomic E-state index is 13.8. The first kappa shape index (κ1) is 23.9. The minimum atomic E-state index is -0.733. The number of amides is 1. The van der Waals surface area contributed by atoms with E-state index in [4.69, 9.17) is 16.0 Å². The first-order chi connectivity index (χ1) is 17.9. The van der Waals surface area contributed by atoms with Crippen molar-refractivity contribution in [2.24, 2.45) is 0 Å². The monoisotopic (exact) mass is 545 g/mol. The SMILES string of the molecule is Cc1cc2oc3c(c(=O)c2cc1C)C(c1cccc(Cl)c1)N(c1nnc(SCc2ccccc2)s1)C3=O. The molecule has 1 unspecified atom stereocenters. The molecule has 37 heavy (non-hydrogen) atoms. The second kappa shape index (κ2) is 9.45. The average Bonchev–Trinajstić information content (AvgIpc) is 3.47. The molecule has 0 aliphatic carbocycles. The van der Waals surface area contributed by atoms with Gasteiger partial charge in [0.25, 0.3) is 5.91 Å². The van der Waals surface area contributed by atoms with Gasteiger partial charge in [0.2, 0.25) is 10.9 Å². The molecule has 1 aliphatic heterocycles. The molecular formula is C28H20ClN3O3S2. The molecule has 1 aliphatic rings. The molecule has 0 N–H and O–H groups in total. The summed E-state index contributed by atoms with van der Waals surface area (Å²) in [5.74, 6) is 0.332. The van der Waals surface area contributed by atoms with Gasteiger partial charge in [0.05, 0.1) is 17.0 Å². The van der Waals surface area contributed by atoms with Crippen LogP contribution in [0, 0.1) is 13.8 Å². The van der Waals surface area contributed by atoms with Crippen molar-refractivity contribution in [3.05, 3.63) is 116 Å². The standard InChI is InChI=1S/C28H20ClN3O3S2/c1-15-11-20-21(12-16(15)2)35-25-22(24(20)33)23(18-9-6-10-19(29)13-18)32(26(25)34)27-30-31-28(37-27)36-14-17-7-4-3-5-8-17/h3-13,23H,14H2,1-2H3. The Morgan fingerprint density at radius 3 is 2.57 bits per heavy atom. The summed E-state index contributed by atoms with van der Waals surface area (Å²) in [5.41, 5.74) is 4.27. The van der Waals surface area contributed by atoms with Crippen LogP contribution in [0.2, 0.25) is 5.02 Å². The van der Waals surface area contributed by atoms with E-state index in [9.17, 15) is 9.59 Å². The van der Waals surface area contributed by atoms with Gasteiger partial charge < -0.3 is 4.42 Å². The summed E-state index contributed by atoms with van der Waals surface area (Å²) < 4.78 is 6.83. The Kier molecular flexibility index (Phi) is 6.10. The Hall–Kier alpha value is -3.46. The highest BCUT2D eigenvalue weighted by atomic mass is 35.5. The summed E-state index contributed by atoms with van der Waals surface area (Å²) >= 11 is 9.18. The molecule has 6 rings (SSSR count). The van der Waals surface area contributed by atoms with E-state index in [1.165, 1.54) is 16.2 Å². The summed E-state index contributed by atoms with van der Waals surface area (Å²) in [4.78, 5) is 29.1. The normalized spacial score (nSPS) is 14.9. The van der Waals surface area contributed by atoms with E-state index in [0.717, 1.165) is 26.8 Å². The molecule has 0 saturated carbocycles. The fourth-order valence-electron chi connectivity index (χ4n) is 4.49. The zero-order chi connectivity index (χ0) is 25.7. The van der Waals surface area contributed by atoms with Crippen LogP contribution >= 0.6 is 34.7 Å². The molecule has 3 heterocycles. The van der Waals surface area contributed by atoms with Crippen LogP contribution in [-0.4, -0.2) is 16.1 Å². The molecular weight excluding hydrogens is 526 g/mol. The lowest BCUT2D eigenvalue weighted by molar-refractivity contribution is 0.0970. The lowest BCUT2D eigenvalue weighted by Crippen LogP contribution is -2.29. The minimum Gasteiger partial charge on any atom is -0.450 e. The van der Waals surface area contributed by atoms with Gasteiger partial charge >= 0.3 is 0 Å². The number of aryl methyl sites for hydroxylation is 2. The Labute approximate surface area is 225 Å². The van der Waals surface area contributed by atoms with Crippen LogP contribution in [0.25, 0.3) is 11.0 Å². The smallest absolute Gasteiger partial charge is 0.297 e. The highest BCUT2D eigenvalue weighted by Gasteiger charge is 2.45. The van der Waals surface area contributed by atoms with Crippen LogP contribution in [0.3, 0.4) is 0 Å². The highest BCUT2D eigenvalue weighted by Crippen LogP contribution is 2.43. The van der Waals surface area contributed by atoms with Gasteiger partial charge in [0, 0.05) is 10.8 Å². The quantitative estimate of drug-likeness (QED) is 0.175. The summed E-state index contributed by atoms with van der Waals surface area (Å²) in [6.07, 6.45) is 0. The molecule has 0 spiro atoms. The maximum absolute atomic E-state index is 13.8. The van der Waals surface area contributed by atoms with Gasteiger partial charge in [-0.2, -0.15) is 0 Å². The fourth-order valence-corrected chi connectivity index (χ4v) is 6.52. The summed E-state index contributed by atoms with van der Waals surface area (Å²) in [5, 5.41) is 10.0. The second-order valence-corrected chi connectivity index (χ2v) is 11.5. The molecule has 1 amide bonds. The van der Waals surface area contributed by atoms with Crippen molar-refractivity contribution in [1.82, 2.24) is 10.2 Å². The van der Waals surface area contributed by atoms with E-state index in [1.807, 2.05) is 44.2 Å². The summed E-state index contributed by atoms with van der Waals surface area (Å²) in [6.45, 7) is 3.89. The van der Waals surface area contributed by atoms with Gasteiger partial charge in [0.15, 0.2) is 9.77 Å². The van der Waals surface area contributed by atoms with Gasteiger partial charge in [-0.3, -0.25) is 14.5 Å². The number of thioether (sulfide) groups is 1. The molecule has 3 aromatic carbocycles. The topological polar surface area (TPSA) is 76.3 Å². The molecule has 0 bridgehead atoms. The Morgan fingerprint density at radius 1 is 1.00 bits per heavy atom. The number of aromatic nitrogens is 2. The zero-order valence-electron chi connectivity index (χ0n) is 19.9. The number of anilines is 1. The van der Waals surface area contributed by atoms with Gasteiger partial charge in [-0.25, -0.2) is 0 Å². The van der Waals surface area contributed by atoms with E-state index in [-0.39, 0.29) is 16.8 Å². The number of benzene rings is 3. The lowest BCUT2D eigenvalue weighted by Gasteiger charge is -2.22. The molecule has 6 nitrogen and oxygen atoms in total. The average molecular weight is 546 g/mol. The van der Waals surface area contributed by atoms with Gasteiger partial charge in [-0.05, 0) is 60.4 Å². The van der Waals surface area contributed by atoms with Crippen molar-refractivity contribution < 1.29 is 9.21 Å². The number of hydrogen-bond acceptors (Lipinski definition) is 7. The number of nitrogens with zero attached hydrogens (tertiary/aromatic N) is 3. The van der Waals surface area contributed by atoms with Gasteiger partial charge in [-0.15, -0.1) is 10.2 Å². The van der Waals surface area contributed by atoms with Crippen molar-refractivity contribution in [3.8, 4) is 0 Å². The number of fused-ring (bicyclic) bond motifs is 2. The Bertz CT molecular complexity index is 1730. The van der Waals surface area contributed by atoms with Crippen molar-refractivity contribution in [3.63, 3.8) is 0 Å². The van der Waals surface area contributed by atoms with E-state index in [1.54, 1.807) is 36.0 Å². The predicted octanol–water partition coefficient (Wildman–Crippen LogP) is 6.96. The zero-order valence-corrected chi connectivity index (χ0v) is 22.3. The van der Waals surface area contributed by atoms with Gasteiger partial charge in [0.1, 0.15) is 5.58 Å². The first-order valence-corrected chi connectivity index (χ1v) is 13.8. The highest BCUT2D eigenvalue weighted by molar-refractivity contribution is 8.00. The van der Waals surface area contributed by atoms with Crippen LogP contribution in [-0.2, 0) is 5.75 Å². The third kappa shape index (κ3) is 4.25. The minimum absolute atomic E-state index is 0.0272. The number of carbonyl (C=O) groups excluding carboxylic acids is 1. The van der Waals surface area contributed by atoms with Crippen LogP contribution in [0.4, 0.5) is 5.13 Å². The van der Waals surface area contributed by atoms with Crippen LogP contribution in [0.5, 0.6) is 0 Å². The molecule has 0 radical (unpaired) electrons. The molecule has 0 fully saturated rings. The van der Waals surface area contributed by atoms with E-state index < -0.39 is 11.9 Å². The number of carbonyl (C=O) groups is 1. The van der Waals surface area contributed by atoms with E-state index >= 15 is 0 Å². The number of rotatable bonds is 5. The fraction of sp³-hybridized carbons (Fsp3) is 0.143. The van der Waals surface area contributed by atoms with Crippen molar-refractivity contribution in [1.29, 1.82) is 0 Å².